The third-order valence-corrected chi connectivity index (χ3v) is 3.46. The summed E-state index contributed by atoms with van der Waals surface area (Å²) < 4.78 is 5.20. The van der Waals surface area contributed by atoms with Crippen LogP contribution in [0.1, 0.15) is 15.9 Å². The van der Waals surface area contributed by atoms with Gasteiger partial charge in [-0.1, -0.05) is 53.8 Å². The smallest absolute Gasteiger partial charge is 0.341 e. The van der Waals surface area contributed by atoms with Crippen LogP contribution in [0.5, 0.6) is 0 Å². The van der Waals surface area contributed by atoms with E-state index in [1.165, 1.54) is 6.20 Å². The summed E-state index contributed by atoms with van der Waals surface area (Å²) in [5.41, 5.74) is 1.22. The van der Waals surface area contributed by atoms with Crippen LogP contribution < -0.4 is 0 Å². The van der Waals surface area contributed by atoms with Crippen molar-refractivity contribution in [2.75, 3.05) is 6.61 Å². The first-order valence-electron chi connectivity index (χ1n) is 6.98. The van der Waals surface area contributed by atoms with Crippen molar-refractivity contribution in [3.05, 3.63) is 77.1 Å². The third-order valence-electron chi connectivity index (χ3n) is 3.22. The summed E-state index contributed by atoms with van der Waals surface area (Å²) in [7, 11) is 0. The highest BCUT2D eigenvalue weighted by atomic mass is 35.5. The van der Waals surface area contributed by atoms with Crippen molar-refractivity contribution in [3.63, 3.8) is 0 Å². The summed E-state index contributed by atoms with van der Waals surface area (Å²) in [6.45, 7) is 0.00850. The predicted molar refractivity (Wildman–Crippen MR) is 90.4 cm³/mol. The Labute approximate surface area is 138 Å². The largest absolute Gasteiger partial charge is 0.449 e. The first kappa shape index (κ1) is 15.1. The first-order chi connectivity index (χ1) is 11.2. The molecule has 1 heterocycles. The molecule has 0 spiro atoms. The maximum Gasteiger partial charge on any atom is 0.341 e. The van der Waals surface area contributed by atoms with Crippen molar-refractivity contribution >= 4 is 28.3 Å². The number of benzene rings is 2. The van der Waals surface area contributed by atoms with Crippen LogP contribution in [0.4, 0.5) is 0 Å². The number of halogens is 1. The lowest BCUT2D eigenvalue weighted by molar-refractivity contribution is 0.0558. The third kappa shape index (κ3) is 3.68. The van der Waals surface area contributed by atoms with Crippen molar-refractivity contribution in [2.45, 2.75) is 0 Å². The van der Waals surface area contributed by atoms with Crippen molar-refractivity contribution in [1.82, 2.24) is 4.98 Å². The fourth-order valence-corrected chi connectivity index (χ4v) is 2.35. The van der Waals surface area contributed by atoms with E-state index in [9.17, 15) is 4.79 Å². The lowest BCUT2D eigenvalue weighted by atomic mass is 10.1. The van der Waals surface area contributed by atoms with Crippen LogP contribution in [0.3, 0.4) is 0 Å². The fraction of sp³-hybridized carbons (Fsp3) is 0.0526. The Hall–Kier alpha value is -2.83. The van der Waals surface area contributed by atoms with Gasteiger partial charge in [-0.2, -0.15) is 0 Å². The molecule has 0 saturated heterocycles. The molecule has 0 radical (unpaired) electrons. The Morgan fingerprint density at radius 2 is 2.00 bits per heavy atom. The minimum Gasteiger partial charge on any atom is -0.449 e. The van der Waals surface area contributed by atoms with E-state index in [0.717, 1.165) is 16.3 Å². The quantitative estimate of drug-likeness (QED) is 0.527. The monoisotopic (exact) mass is 321 g/mol. The number of nitrogens with zero attached hydrogens (tertiary/aromatic N) is 1. The molecule has 0 saturated carbocycles. The molecular weight excluding hydrogens is 310 g/mol. The van der Waals surface area contributed by atoms with E-state index >= 15 is 0 Å². The van der Waals surface area contributed by atoms with E-state index in [-0.39, 0.29) is 6.61 Å². The Balaban J connectivity index is 1.70. The Morgan fingerprint density at radius 1 is 1.13 bits per heavy atom. The molecular formula is C19H12ClNO2. The number of hydrogen-bond acceptors (Lipinski definition) is 3. The average molecular weight is 322 g/mol. The van der Waals surface area contributed by atoms with Crippen LogP contribution in [0.25, 0.3) is 10.8 Å². The molecule has 0 amide bonds. The summed E-state index contributed by atoms with van der Waals surface area (Å²) in [4.78, 5) is 16.2. The van der Waals surface area contributed by atoms with Gasteiger partial charge in [-0.05, 0) is 23.6 Å². The van der Waals surface area contributed by atoms with Gasteiger partial charge in [-0.15, -0.1) is 0 Å². The van der Waals surface area contributed by atoms with Crippen LogP contribution in [-0.4, -0.2) is 17.6 Å². The van der Waals surface area contributed by atoms with Gasteiger partial charge in [-0.3, -0.25) is 4.98 Å². The molecule has 0 bridgehead atoms. The minimum atomic E-state index is -0.435. The molecule has 23 heavy (non-hydrogen) atoms. The number of fused-ring (bicyclic) bond motifs is 1. The summed E-state index contributed by atoms with van der Waals surface area (Å²) in [6, 6.07) is 14.7. The zero-order valence-electron chi connectivity index (χ0n) is 12.1. The summed E-state index contributed by atoms with van der Waals surface area (Å²) in [6.07, 6.45) is 3.22. The highest BCUT2D eigenvalue weighted by Crippen LogP contribution is 2.17. The Kier molecular flexibility index (Phi) is 4.56. The lowest BCUT2D eigenvalue weighted by Gasteiger charge is -2.04. The van der Waals surface area contributed by atoms with E-state index in [1.54, 1.807) is 18.3 Å². The fourth-order valence-electron chi connectivity index (χ4n) is 2.16. The molecule has 0 atom stereocenters. The minimum absolute atomic E-state index is 0.00850. The van der Waals surface area contributed by atoms with Gasteiger partial charge < -0.3 is 4.74 Å². The van der Waals surface area contributed by atoms with Gasteiger partial charge >= 0.3 is 5.97 Å². The second-order valence-corrected chi connectivity index (χ2v) is 5.23. The van der Waals surface area contributed by atoms with Gasteiger partial charge in [0, 0.05) is 28.4 Å². The molecule has 0 aliphatic carbocycles. The molecule has 0 N–H and O–H groups in total. The van der Waals surface area contributed by atoms with Gasteiger partial charge in [0.1, 0.15) is 0 Å². The Morgan fingerprint density at radius 3 is 2.87 bits per heavy atom. The molecule has 3 nitrogen and oxygen atoms in total. The standard InChI is InChI=1S/C19H12ClNO2/c20-16-8-3-5-14(11-16)6-4-10-23-19(22)18-13-21-12-15-7-1-2-9-17(15)18/h1-3,5,7-9,11-13H,10H2. The molecule has 3 aromatic rings. The van der Waals surface area contributed by atoms with E-state index < -0.39 is 5.97 Å². The van der Waals surface area contributed by atoms with E-state index in [4.69, 9.17) is 16.3 Å². The molecule has 2 aromatic carbocycles. The van der Waals surface area contributed by atoms with Crippen LogP contribution in [0.2, 0.25) is 5.02 Å². The average Bonchev–Trinajstić information content (AvgIpc) is 2.58. The highest BCUT2D eigenvalue weighted by molar-refractivity contribution is 6.30. The number of ether oxygens (including phenoxy) is 1. The molecule has 0 aliphatic rings. The topological polar surface area (TPSA) is 39.2 Å². The van der Waals surface area contributed by atoms with Crippen LogP contribution in [0.15, 0.2) is 60.9 Å². The number of carbonyl (C=O) groups is 1. The highest BCUT2D eigenvalue weighted by Gasteiger charge is 2.10. The summed E-state index contributed by atoms with van der Waals surface area (Å²) in [5.74, 6) is 5.27. The van der Waals surface area contributed by atoms with Gasteiger partial charge in [-0.25, -0.2) is 4.79 Å². The number of pyridine rings is 1. The summed E-state index contributed by atoms with van der Waals surface area (Å²) in [5, 5.41) is 2.33. The molecule has 3 rings (SSSR count). The maximum absolute atomic E-state index is 12.2. The SMILES string of the molecule is O=C(OCC#Cc1cccc(Cl)c1)c1cncc2ccccc12. The van der Waals surface area contributed by atoms with Gasteiger partial charge in [0.15, 0.2) is 6.61 Å². The van der Waals surface area contributed by atoms with Gasteiger partial charge in [0.25, 0.3) is 0 Å². The van der Waals surface area contributed by atoms with Crippen molar-refractivity contribution in [1.29, 1.82) is 0 Å². The van der Waals surface area contributed by atoms with Gasteiger partial charge in [0.2, 0.25) is 0 Å². The first-order valence-corrected chi connectivity index (χ1v) is 7.36. The van der Waals surface area contributed by atoms with Crippen LogP contribution >= 0.6 is 11.6 Å². The summed E-state index contributed by atoms with van der Waals surface area (Å²) >= 11 is 5.88. The van der Waals surface area contributed by atoms with Crippen molar-refractivity contribution < 1.29 is 9.53 Å². The second-order valence-electron chi connectivity index (χ2n) is 4.80. The maximum atomic E-state index is 12.2. The molecule has 1 aromatic heterocycles. The zero-order chi connectivity index (χ0) is 16.1. The van der Waals surface area contributed by atoms with Crippen LogP contribution in [0, 0.1) is 11.8 Å². The van der Waals surface area contributed by atoms with E-state index in [0.29, 0.717) is 10.6 Å². The number of esters is 1. The molecule has 0 unspecified atom stereocenters. The normalized spacial score (nSPS) is 9.96. The number of hydrogen-bond donors (Lipinski definition) is 0. The van der Waals surface area contributed by atoms with E-state index in [2.05, 4.69) is 16.8 Å². The van der Waals surface area contributed by atoms with Crippen LogP contribution in [-0.2, 0) is 4.74 Å². The predicted octanol–water partition coefficient (Wildman–Crippen LogP) is 4.10. The number of rotatable bonds is 2. The molecule has 0 aliphatic heterocycles. The van der Waals surface area contributed by atoms with Crippen molar-refractivity contribution in [3.8, 4) is 11.8 Å². The Bertz CT molecular complexity index is 920. The number of aromatic nitrogens is 1. The molecule has 4 heteroatoms. The second kappa shape index (κ2) is 6.95. The number of carbonyl (C=O) groups excluding carboxylic acids is 1. The molecule has 0 fully saturated rings. The van der Waals surface area contributed by atoms with Crippen molar-refractivity contribution in [2.24, 2.45) is 0 Å². The van der Waals surface area contributed by atoms with Gasteiger partial charge in [0.05, 0.1) is 5.56 Å². The lowest BCUT2D eigenvalue weighted by Crippen LogP contribution is -2.06. The zero-order valence-corrected chi connectivity index (χ0v) is 12.9. The molecule has 112 valence electrons. The van der Waals surface area contributed by atoms with E-state index in [1.807, 2.05) is 36.4 Å².